The summed E-state index contributed by atoms with van der Waals surface area (Å²) in [5.41, 5.74) is -1.09. The van der Waals surface area contributed by atoms with Gasteiger partial charge in [-0.05, 0) is 0 Å². The standard InChI is InChI=1S/C5H5N3O3/c9-4-3(2-7-11)1-6-5(10)8-4/h1-2,11H,(H2,6,8,9,10). The maximum absolute atomic E-state index is 10.8. The molecule has 1 rings (SSSR count). The first-order chi connectivity index (χ1) is 5.24. The van der Waals surface area contributed by atoms with Crippen molar-refractivity contribution in [2.45, 2.75) is 0 Å². The summed E-state index contributed by atoms with van der Waals surface area (Å²) in [5, 5.41) is 10.7. The summed E-state index contributed by atoms with van der Waals surface area (Å²) in [6.45, 7) is 0. The Morgan fingerprint density at radius 3 is 2.82 bits per heavy atom. The Hall–Kier alpha value is -1.85. The second-order valence-corrected chi connectivity index (χ2v) is 1.77. The first-order valence-electron chi connectivity index (χ1n) is 2.73. The van der Waals surface area contributed by atoms with Gasteiger partial charge in [-0.3, -0.25) is 9.78 Å². The van der Waals surface area contributed by atoms with E-state index in [0.29, 0.717) is 0 Å². The normalized spacial score (nSPS) is 10.5. The molecule has 0 spiro atoms. The molecule has 3 N–H and O–H groups in total. The van der Waals surface area contributed by atoms with Gasteiger partial charge in [0.25, 0.3) is 5.56 Å². The van der Waals surface area contributed by atoms with Gasteiger partial charge in [0.2, 0.25) is 0 Å². The third-order valence-electron chi connectivity index (χ3n) is 1.04. The second kappa shape index (κ2) is 2.82. The number of H-pyrrole nitrogens is 2. The van der Waals surface area contributed by atoms with Gasteiger partial charge in [0, 0.05) is 6.20 Å². The molecule has 0 aliphatic rings. The molecule has 0 radical (unpaired) electrons. The van der Waals surface area contributed by atoms with E-state index in [1.165, 1.54) is 0 Å². The fourth-order valence-corrected chi connectivity index (χ4v) is 0.578. The van der Waals surface area contributed by atoms with Crippen LogP contribution in [0.5, 0.6) is 0 Å². The molecule has 1 aromatic rings. The van der Waals surface area contributed by atoms with Crippen molar-refractivity contribution in [3.05, 3.63) is 32.6 Å². The van der Waals surface area contributed by atoms with Crippen LogP contribution < -0.4 is 11.2 Å². The lowest BCUT2D eigenvalue weighted by Gasteiger charge is -1.86. The average molecular weight is 155 g/mol. The number of aromatic nitrogens is 2. The van der Waals surface area contributed by atoms with Crippen molar-refractivity contribution >= 4 is 6.21 Å². The number of aromatic amines is 2. The average Bonchev–Trinajstić information content (AvgIpc) is 1.95. The number of nitrogens with one attached hydrogen (secondary N) is 2. The van der Waals surface area contributed by atoms with E-state index in [0.717, 1.165) is 12.4 Å². The molecule has 0 fully saturated rings. The molecule has 6 nitrogen and oxygen atoms in total. The predicted molar refractivity (Wildman–Crippen MR) is 37.1 cm³/mol. The van der Waals surface area contributed by atoms with Crippen LogP contribution in [0.25, 0.3) is 0 Å². The molecule has 6 heteroatoms. The molecular formula is C5H5N3O3. The highest BCUT2D eigenvalue weighted by molar-refractivity contribution is 5.77. The first-order valence-corrected chi connectivity index (χ1v) is 2.73. The molecule has 0 aliphatic heterocycles. The van der Waals surface area contributed by atoms with Crippen molar-refractivity contribution in [3.63, 3.8) is 0 Å². The van der Waals surface area contributed by atoms with Gasteiger partial charge in [0.1, 0.15) is 0 Å². The van der Waals surface area contributed by atoms with Crippen LogP contribution in [0.2, 0.25) is 0 Å². The van der Waals surface area contributed by atoms with E-state index < -0.39 is 11.2 Å². The lowest BCUT2D eigenvalue weighted by atomic mass is 10.4. The van der Waals surface area contributed by atoms with Crippen LogP contribution in [0.3, 0.4) is 0 Å². The number of rotatable bonds is 1. The van der Waals surface area contributed by atoms with Gasteiger partial charge in [0.05, 0.1) is 11.8 Å². The maximum atomic E-state index is 10.8. The molecule has 1 heterocycles. The molecular weight excluding hydrogens is 150 g/mol. The zero-order valence-electron chi connectivity index (χ0n) is 5.37. The summed E-state index contributed by atoms with van der Waals surface area (Å²) in [5.74, 6) is 0. The third-order valence-corrected chi connectivity index (χ3v) is 1.04. The Morgan fingerprint density at radius 1 is 1.55 bits per heavy atom. The highest BCUT2D eigenvalue weighted by Gasteiger charge is 1.94. The minimum atomic E-state index is -0.593. The van der Waals surface area contributed by atoms with Crippen LogP contribution in [0.1, 0.15) is 5.56 Å². The van der Waals surface area contributed by atoms with E-state index in [1.807, 2.05) is 4.98 Å². The molecule has 0 atom stereocenters. The van der Waals surface area contributed by atoms with Crippen LogP contribution >= 0.6 is 0 Å². The zero-order valence-corrected chi connectivity index (χ0v) is 5.37. The fraction of sp³-hybridized carbons (Fsp3) is 0. The Balaban J connectivity index is 3.31. The molecule has 0 unspecified atom stereocenters. The van der Waals surface area contributed by atoms with Crippen molar-refractivity contribution in [2.24, 2.45) is 5.16 Å². The van der Waals surface area contributed by atoms with E-state index in [2.05, 4.69) is 10.1 Å². The maximum Gasteiger partial charge on any atom is 0.325 e. The van der Waals surface area contributed by atoms with E-state index in [-0.39, 0.29) is 5.56 Å². The summed E-state index contributed by atoms with van der Waals surface area (Å²) in [7, 11) is 0. The Morgan fingerprint density at radius 2 is 2.27 bits per heavy atom. The molecule has 0 saturated heterocycles. The Kier molecular flexibility index (Phi) is 1.86. The van der Waals surface area contributed by atoms with Gasteiger partial charge in [0.15, 0.2) is 0 Å². The molecule has 0 amide bonds. The molecule has 11 heavy (non-hydrogen) atoms. The molecule has 1 aromatic heterocycles. The van der Waals surface area contributed by atoms with Gasteiger partial charge < -0.3 is 10.2 Å². The van der Waals surface area contributed by atoms with Crippen LogP contribution in [-0.4, -0.2) is 21.4 Å². The predicted octanol–water partition coefficient (Wildman–Crippen LogP) is -1.13. The van der Waals surface area contributed by atoms with Crippen molar-refractivity contribution in [2.75, 3.05) is 0 Å². The van der Waals surface area contributed by atoms with Crippen molar-refractivity contribution < 1.29 is 5.21 Å². The van der Waals surface area contributed by atoms with Gasteiger partial charge in [-0.1, -0.05) is 5.16 Å². The molecule has 58 valence electrons. The summed E-state index contributed by atoms with van der Waals surface area (Å²) in [4.78, 5) is 25.3. The topological polar surface area (TPSA) is 98.3 Å². The Bertz CT molecular complexity index is 375. The van der Waals surface area contributed by atoms with Gasteiger partial charge in [-0.2, -0.15) is 0 Å². The molecule has 0 saturated carbocycles. The van der Waals surface area contributed by atoms with Gasteiger partial charge in [-0.15, -0.1) is 0 Å². The third kappa shape index (κ3) is 1.54. The summed E-state index contributed by atoms with van der Waals surface area (Å²) >= 11 is 0. The largest absolute Gasteiger partial charge is 0.411 e. The molecule has 0 aliphatic carbocycles. The lowest BCUT2D eigenvalue weighted by Crippen LogP contribution is -2.24. The second-order valence-electron chi connectivity index (χ2n) is 1.77. The van der Waals surface area contributed by atoms with Crippen LogP contribution in [0.15, 0.2) is 20.9 Å². The number of nitrogens with zero attached hydrogens (tertiary/aromatic N) is 1. The summed E-state index contributed by atoms with van der Waals surface area (Å²) in [6.07, 6.45) is 2.08. The van der Waals surface area contributed by atoms with E-state index >= 15 is 0 Å². The summed E-state index contributed by atoms with van der Waals surface area (Å²) < 4.78 is 0. The lowest BCUT2D eigenvalue weighted by molar-refractivity contribution is 0.322. The smallest absolute Gasteiger partial charge is 0.325 e. The highest BCUT2D eigenvalue weighted by Crippen LogP contribution is 1.75. The van der Waals surface area contributed by atoms with E-state index in [1.54, 1.807) is 0 Å². The highest BCUT2D eigenvalue weighted by atomic mass is 16.4. The quantitative estimate of drug-likeness (QED) is 0.272. The SMILES string of the molecule is O=c1[nH]cc(C=NO)c(=O)[nH]1. The molecule has 0 bridgehead atoms. The monoisotopic (exact) mass is 155 g/mol. The minimum Gasteiger partial charge on any atom is -0.411 e. The Labute approximate surface area is 60.2 Å². The van der Waals surface area contributed by atoms with Crippen molar-refractivity contribution in [3.8, 4) is 0 Å². The van der Waals surface area contributed by atoms with Gasteiger partial charge >= 0.3 is 5.69 Å². The zero-order chi connectivity index (χ0) is 8.27. The number of oxime groups is 1. The molecule has 0 aromatic carbocycles. The van der Waals surface area contributed by atoms with E-state index in [4.69, 9.17) is 5.21 Å². The summed E-state index contributed by atoms with van der Waals surface area (Å²) in [6, 6.07) is 0. The number of hydrogen-bond acceptors (Lipinski definition) is 4. The fourth-order valence-electron chi connectivity index (χ4n) is 0.578. The van der Waals surface area contributed by atoms with Crippen molar-refractivity contribution in [1.82, 2.24) is 9.97 Å². The van der Waals surface area contributed by atoms with Crippen LogP contribution in [-0.2, 0) is 0 Å². The van der Waals surface area contributed by atoms with E-state index in [9.17, 15) is 9.59 Å². The van der Waals surface area contributed by atoms with Crippen LogP contribution in [0, 0.1) is 0 Å². The number of hydrogen-bond donors (Lipinski definition) is 3. The van der Waals surface area contributed by atoms with Crippen LogP contribution in [0.4, 0.5) is 0 Å². The van der Waals surface area contributed by atoms with Gasteiger partial charge in [-0.25, -0.2) is 4.79 Å². The minimum absolute atomic E-state index is 0.0899. The van der Waals surface area contributed by atoms with Crippen molar-refractivity contribution in [1.29, 1.82) is 0 Å². The first kappa shape index (κ1) is 7.26.